The second-order valence-corrected chi connectivity index (χ2v) is 3.93. The quantitative estimate of drug-likeness (QED) is 0.667. The molecule has 0 aromatic heterocycles. The average Bonchev–Trinajstić information content (AvgIpc) is 2.28. The van der Waals surface area contributed by atoms with Gasteiger partial charge in [0.15, 0.2) is 0 Å². The first-order valence-electron chi connectivity index (χ1n) is 5.70. The van der Waals surface area contributed by atoms with Crippen LogP contribution in [0.25, 0.3) is 0 Å². The van der Waals surface area contributed by atoms with Gasteiger partial charge in [0.1, 0.15) is 11.9 Å². The number of hydrogen-bond acceptors (Lipinski definition) is 1. The Balaban J connectivity index is 2.82. The van der Waals surface area contributed by atoms with Crippen molar-refractivity contribution in [2.75, 3.05) is 0 Å². The molecule has 0 radical (unpaired) electrons. The predicted molar refractivity (Wildman–Crippen MR) is 69.8 cm³/mol. The molecular weight excluding hydrogens is 196 g/mol. The topological polar surface area (TPSA) is 9.23 Å². The van der Waals surface area contributed by atoms with Crippen molar-refractivity contribution < 1.29 is 4.74 Å². The molecule has 0 aliphatic carbocycles. The summed E-state index contributed by atoms with van der Waals surface area (Å²) in [6.07, 6.45) is 4.91. The highest BCUT2D eigenvalue weighted by atomic mass is 16.5. The Bertz CT molecular complexity index is 377. The molecule has 0 unspecified atom stereocenters. The molecule has 0 bridgehead atoms. The van der Waals surface area contributed by atoms with Crippen molar-refractivity contribution in [3.63, 3.8) is 0 Å². The summed E-state index contributed by atoms with van der Waals surface area (Å²) in [5.41, 5.74) is 2.38. The first-order chi connectivity index (χ1) is 7.69. The van der Waals surface area contributed by atoms with Crippen molar-refractivity contribution in [1.82, 2.24) is 0 Å². The smallest absolute Gasteiger partial charge is 0.123 e. The zero-order valence-corrected chi connectivity index (χ0v) is 10.4. The number of aryl methyl sites for hydroxylation is 1. The average molecular weight is 216 g/mol. The third-order valence-corrected chi connectivity index (χ3v) is 2.62. The van der Waals surface area contributed by atoms with E-state index in [9.17, 15) is 0 Å². The van der Waals surface area contributed by atoms with Crippen LogP contribution in [0.2, 0.25) is 0 Å². The van der Waals surface area contributed by atoms with Gasteiger partial charge < -0.3 is 4.74 Å². The normalized spacial score (nSPS) is 13.3. The maximum Gasteiger partial charge on any atom is 0.123 e. The number of allylic oxidation sites excluding steroid dienone is 2. The van der Waals surface area contributed by atoms with Crippen molar-refractivity contribution in [3.05, 3.63) is 54.1 Å². The van der Waals surface area contributed by atoms with Gasteiger partial charge in [0.25, 0.3) is 0 Å². The highest BCUT2D eigenvalue weighted by Crippen LogP contribution is 2.21. The molecule has 16 heavy (non-hydrogen) atoms. The Morgan fingerprint density at radius 2 is 2.12 bits per heavy atom. The van der Waals surface area contributed by atoms with E-state index in [-0.39, 0.29) is 6.10 Å². The summed E-state index contributed by atoms with van der Waals surface area (Å²) in [6.45, 7) is 9.98. The van der Waals surface area contributed by atoms with Crippen molar-refractivity contribution in [2.24, 2.45) is 0 Å². The molecule has 0 aliphatic rings. The summed E-state index contributed by atoms with van der Waals surface area (Å²) < 4.78 is 5.99. The Morgan fingerprint density at radius 3 is 2.69 bits per heavy atom. The largest absolute Gasteiger partial charge is 0.486 e. The minimum absolute atomic E-state index is 0.138. The van der Waals surface area contributed by atoms with Gasteiger partial charge in [-0.05, 0) is 37.5 Å². The van der Waals surface area contributed by atoms with Crippen molar-refractivity contribution in [2.45, 2.75) is 33.3 Å². The number of ether oxygens (including phenoxy) is 1. The molecule has 1 atom stereocenters. The molecule has 86 valence electrons. The highest BCUT2D eigenvalue weighted by molar-refractivity contribution is 5.32. The molecule has 1 nitrogen and oxygen atoms in total. The molecule has 0 aliphatic heterocycles. The van der Waals surface area contributed by atoms with E-state index in [1.165, 1.54) is 11.1 Å². The summed E-state index contributed by atoms with van der Waals surface area (Å²) >= 11 is 0. The third kappa shape index (κ3) is 3.27. The molecule has 0 heterocycles. The monoisotopic (exact) mass is 216 g/mol. The van der Waals surface area contributed by atoms with Gasteiger partial charge in [-0.15, -0.1) is 0 Å². The van der Waals surface area contributed by atoms with Gasteiger partial charge in [-0.25, -0.2) is 0 Å². The Kier molecular flexibility index (Phi) is 4.84. The maximum atomic E-state index is 5.99. The van der Waals surface area contributed by atoms with E-state index < -0.39 is 0 Å². The first kappa shape index (κ1) is 12.6. The van der Waals surface area contributed by atoms with Crippen molar-refractivity contribution in [3.8, 4) is 5.75 Å². The fraction of sp³-hybridized carbons (Fsp3) is 0.333. The molecule has 0 fully saturated rings. The second-order valence-electron chi connectivity index (χ2n) is 3.93. The Hall–Kier alpha value is -1.50. The minimum Gasteiger partial charge on any atom is -0.486 e. The predicted octanol–water partition coefficient (Wildman–Crippen LogP) is 4.28. The lowest BCUT2D eigenvalue weighted by atomic mass is 10.1. The molecular formula is C15H20O. The van der Waals surface area contributed by atoms with E-state index in [1.54, 1.807) is 6.08 Å². The van der Waals surface area contributed by atoms with Crippen molar-refractivity contribution >= 4 is 0 Å². The summed E-state index contributed by atoms with van der Waals surface area (Å²) in [5, 5.41) is 0. The second kappa shape index (κ2) is 6.16. The van der Waals surface area contributed by atoms with E-state index >= 15 is 0 Å². The van der Waals surface area contributed by atoms with Crippen LogP contribution in [-0.2, 0) is 0 Å². The van der Waals surface area contributed by atoms with Gasteiger partial charge in [0.2, 0.25) is 0 Å². The zero-order chi connectivity index (χ0) is 12.0. The van der Waals surface area contributed by atoms with Gasteiger partial charge in [-0.3, -0.25) is 0 Å². The Morgan fingerprint density at radius 1 is 1.44 bits per heavy atom. The van der Waals surface area contributed by atoms with Crippen LogP contribution >= 0.6 is 0 Å². The lowest BCUT2D eigenvalue weighted by molar-refractivity contribution is 0.231. The molecule has 1 aromatic rings. The molecule has 0 saturated carbocycles. The summed E-state index contributed by atoms with van der Waals surface area (Å²) in [7, 11) is 0. The van der Waals surface area contributed by atoms with Gasteiger partial charge in [-0.2, -0.15) is 0 Å². The van der Waals surface area contributed by atoms with Crippen LogP contribution in [0.1, 0.15) is 25.8 Å². The minimum atomic E-state index is 0.138. The third-order valence-electron chi connectivity index (χ3n) is 2.62. The summed E-state index contributed by atoms with van der Waals surface area (Å²) in [4.78, 5) is 0. The molecule has 1 aromatic carbocycles. The molecule has 1 heteroatoms. The summed E-state index contributed by atoms with van der Waals surface area (Å²) in [6, 6.07) is 8.10. The SMILES string of the molecule is C=C/C=C(\C)[C@@H](CC)Oc1ccccc1C. The fourth-order valence-electron chi connectivity index (χ4n) is 1.63. The van der Waals surface area contributed by atoms with Gasteiger partial charge in [0, 0.05) is 0 Å². The Labute approximate surface area is 98.5 Å². The van der Waals surface area contributed by atoms with Crippen LogP contribution in [0.15, 0.2) is 48.6 Å². The van der Waals surface area contributed by atoms with Crippen LogP contribution in [0.3, 0.4) is 0 Å². The molecule has 0 N–H and O–H groups in total. The van der Waals surface area contributed by atoms with Gasteiger partial charge in [-0.1, -0.05) is 43.9 Å². The van der Waals surface area contributed by atoms with E-state index in [0.717, 1.165) is 12.2 Å². The van der Waals surface area contributed by atoms with E-state index in [1.807, 2.05) is 24.3 Å². The number of hydrogen-bond donors (Lipinski definition) is 0. The van der Waals surface area contributed by atoms with Crippen LogP contribution in [-0.4, -0.2) is 6.10 Å². The number of para-hydroxylation sites is 1. The molecule has 1 rings (SSSR count). The number of rotatable bonds is 5. The lowest BCUT2D eigenvalue weighted by Gasteiger charge is -2.19. The van der Waals surface area contributed by atoms with Crippen LogP contribution < -0.4 is 4.74 Å². The van der Waals surface area contributed by atoms with E-state index in [2.05, 4.69) is 33.4 Å². The van der Waals surface area contributed by atoms with Crippen LogP contribution in [0.4, 0.5) is 0 Å². The first-order valence-corrected chi connectivity index (χ1v) is 5.70. The summed E-state index contributed by atoms with van der Waals surface area (Å²) in [5.74, 6) is 0.964. The molecule has 0 spiro atoms. The maximum absolute atomic E-state index is 5.99. The standard InChI is InChI=1S/C15H20O/c1-5-9-12(3)14(6-2)16-15-11-8-7-10-13(15)4/h5,7-11,14H,1,6H2,2-4H3/b12-9+/t14-/m1/s1. The van der Waals surface area contributed by atoms with Gasteiger partial charge in [0.05, 0.1) is 0 Å². The fourth-order valence-corrected chi connectivity index (χ4v) is 1.63. The van der Waals surface area contributed by atoms with E-state index in [0.29, 0.717) is 0 Å². The van der Waals surface area contributed by atoms with Crippen LogP contribution in [0.5, 0.6) is 5.75 Å². The zero-order valence-electron chi connectivity index (χ0n) is 10.4. The van der Waals surface area contributed by atoms with Crippen LogP contribution in [0, 0.1) is 6.92 Å². The molecule has 0 saturated heterocycles. The van der Waals surface area contributed by atoms with E-state index in [4.69, 9.17) is 4.74 Å². The number of benzene rings is 1. The highest BCUT2D eigenvalue weighted by Gasteiger charge is 2.10. The lowest BCUT2D eigenvalue weighted by Crippen LogP contribution is -2.17. The van der Waals surface area contributed by atoms with Crippen molar-refractivity contribution in [1.29, 1.82) is 0 Å². The van der Waals surface area contributed by atoms with Gasteiger partial charge >= 0.3 is 0 Å². The molecule has 0 amide bonds.